The van der Waals surface area contributed by atoms with Gasteiger partial charge in [-0.3, -0.25) is 14.5 Å². The van der Waals surface area contributed by atoms with Gasteiger partial charge >= 0.3 is 0 Å². The summed E-state index contributed by atoms with van der Waals surface area (Å²) in [5, 5.41) is 0. The number of carbonyl (C=O) groups is 2. The first-order chi connectivity index (χ1) is 15.5. The molecule has 0 radical (unpaired) electrons. The Balaban J connectivity index is 1.25. The summed E-state index contributed by atoms with van der Waals surface area (Å²) >= 11 is 0. The van der Waals surface area contributed by atoms with Gasteiger partial charge in [0, 0.05) is 19.5 Å². The topological polar surface area (TPSA) is 70.1 Å². The van der Waals surface area contributed by atoms with Crippen LogP contribution in [0.25, 0.3) is 0 Å². The average molecular weight is 458 g/mol. The van der Waals surface area contributed by atoms with Crippen LogP contribution in [0.1, 0.15) is 70.3 Å². The van der Waals surface area contributed by atoms with Crippen LogP contribution in [0.5, 0.6) is 0 Å². The van der Waals surface area contributed by atoms with Gasteiger partial charge in [-0.1, -0.05) is 38.3 Å². The van der Waals surface area contributed by atoms with Crippen LogP contribution in [-0.2, 0) is 26.8 Å². The summed E-state index contributed by atoms with van der Waals surface area (Å²) in [5.74, 6) is 0.135. The summed E-state index contributed by atoms with van der Waals surface area (Å²) in [7, 11) is -1.13. The van der Waals surface area contributed by atoms with E-state index >= 15 is 0 Å². The molecule has 6 nitrogen and oxygen atoms in total. The van der Waals surface area contributed by atoms with E-state index in [4.69, 9.17) is 0 Å². The standard InChI is InChI=1S/C25H35N3O3S/c1-2-14-27(17-11-20-9-8-10-21-23(20)32(31)19-26-21)15-6-7-16-28-22(29)18-25(24(28)30)12-4-3-5-13-25/h8-10,19H,2-7,11-18H2,1H3. The Labute approximate surface area is 193 Å². The molecule has 1 aliphatic carbocycles. The summed E-state index contributed by atoms with van der Waals surface area (Å²) in [6, 6.07) is 5.96. The number of likely N-dealkylation sites (tertiary alicyclic amines) is 1. The Morgan fingerprint density at radius 1 is 1.09 bits per heavy atom. The zero-order chi connectivity index (χ0) is 22.6. The van der Waals surface area contributed by atoms with Gasteiger partial charge in [0.2, 0.25) is 11.8 Å². The molecule has 7 heteroatoms. The molecule has 174 valence electrons. The van der Waals surface area contributed by atoms with Crippen LogP contribution < -0.4 is 0 Å². The number of unbranched alkanes of at least 4 members (excludes halogenated alkanes) is 1. The number of nitrogens with zero attached hydrogens (tertiary/aromatic N) is 3. The Hall–Kier alpha value is -1.86. The fourth-order valence-electron chi connectivity index (χ4n) is 5.50. The van der Waals surface area contributed by atoms with Crippen LogP contribution in [0, 0.1) is 5.41 Å². The smallest absolute Gasteiger partial charge is 0.235 e. The molecule has 0 aromatic heterocycles. The zero-order valence-corrected chi connectivity index (χ0v) is 20.0. The summed E-state index contributed by atoms with van der Waals surface area (Å²) in [6.07, 6.45) is 9.28. The Kier molecular flexibility index (Phi) is 7.56. The first kappa shape index (κ1) is 23.3. The van der Waals surface area contributed by atoms with E-state index in [1.54, 1.807) is 4.90 Å². The molecule has 1 saturated carbocycles. The molecule has 1 saturated heterocycles. The minimum Gasteiger partial charge on any atom is -0.303 e. The predicted molar refractivity (Wildman–Crippen MR) is 128 cm³/mol. The lowest BCUT2D eigenvalue weighted by atomic mass is 9.73. The second kappa shape index (κ2) is 10.4. The van der Waals surface area contributed by atoms with Crippen molar-refractivity contribution in [1.29, 1.82) is 0 Å². The van der Waals surface area contributed by atoms with Crippen LogP contribution in [0.3, 0.4) is 0 Å². The minimum atomic E-state index is -1.13. The van der Waals surface area contributed by atoms with Crippen molar-refractivity contribution in [2.24, 2.45) is 10.4 Å². The van der Waals surface area contributed by atoms with Gasteiger partial charge < -0.3 is 4.90 Å². The molecule has 2 amide bonds. The van der Waals surface area contributed by atoms with Crippen LogP contribution >= 0.6 is 0 Å². The second-order valence-corrected chi connectivity index (χ2v) is 10.7. The third-order valence-electron chi connectivity index (χ3n) is 7.21. The van der Waals surface area contributed by atoms with Crippen molar-refractivity contribution in [3.63, 3.8) is 0 Å². The van der Waals surface area contributed by atoms with Gasteiger partial charge in [-0.05, 0) is 63.2 Å². The van der Waals surface area contributed by atoms with E-state index in [1.165, 1.54) is 12.0 Å². The summed E-state index contributed by atoms with van der Waals surface area (Å²) in [6.45, 7) is 5.61. The highest BCUT2D eigenvalue weighted by Gasteiger charge is 2.51. The molecule has 2 aliphatic heterocycles. The number of imide groups is 1. The van der Waals surface area contributed by atoms with Crippen molar-refractivity contribution in [1.82, 2.24) is 9.80 Å². The number of amides is 2. The van der Waals surface area contributed by atoms with Crippen molar-refractivity contribution in [3.8, 4) is 0 Å². The Morgan fingerprint density at radius 3 is 2.69 bits per heavy atom. The quantitative estimate of drug-likeness (QED) is 0.390. The lowest BCUT2D eigenvalue weighted by molar-refractivity contribution is -0.142. The molecule has 1 atom stereocenters. The highest BCUT2D eigenvalue weighted by molar-refractivity contribution is 7.99. The van der Waals surface area contributed by atoms with Crippen LogP contribution in [0.4, 0.5) is 5.69 Å². The first-order valence-corrected chi connectivity index (χ1v) is 13.4. The first-order valence-electron chi connectivity index (χ1n) is 12.2. The highest BCUT2D eigenvalue weighted by atomic mass is 32.2. The third-order valence-corrected chi connectivity index (χ3v) is 8.38. The molecule has 32 heavy (non-hydrogen) atoms. The van der Waals surface area contributed by atoms with Gasteiger partial charge in [0.25, 0.3) is 0 Å². The largest absolute Gasteiger partial charge is 0.303 e. The Bertz CT molecular complexity index is 908. The second-order valence-electron chi connectivity index (χ2n) is 9.46. The van der Waals surface area contributed by atoms with Gasteiger partial charge in [-0.15, -0.1) is 0 Å². The normalized spacial score (nSPS) is 21.8. The summed E-state index contributed by atoms with van der Waals surface area (Å²) < 4.78 is 12.2. The number of aliphatic imine (C=N–C) groups is 1. The molecule has 0 bridgehead atoms. The molecule has 3 aliphatic rings. The maximum Gasteiger partial charge on any atom is 0.235 e. The van der Waals surface area contributed by atoms with E-state index in [0.29, 0.717) is 13.0 Å². The van der Waals surface area contributed by atoms with Crippen LogP contribution in [0.15, 0.2) is 28.1 Å². The number of rotatable bonds is 10. The molecule has 4 rings (SSSR count). The maximum absolute atomic E-state index is 13.0. The molecule has 1 unspecified atom stereocenters. The van der Waals surface area contributed by atoms with Gasteiger partial charge in [0.15, 0.2) is 0 Å². The third kappa shape index (κ3) is 4.88. The number of hydrogen-bond acceptors (Lipinski definition) is 5. The fraction of sp³-hybridized carbons (Fsp3) is 0.640. The lowest BCUT2D eigenvalue weighted by Crippen LogP contribution is -2.37. The van der Waals surface area contributed by atoms with Crippen molar-refractivity contribution in [3.05, 3.63) is 23.8 Å². The summed E-state index contributed by atoms with van der Waals surface area (Å²) in [4.78, 5) is 34.6. The average Bonchev–Trinajstić information content (AvgIpc) is 3.28. The van der Waals surface area contributed by atoms with Gasteiger partial charge in [-0.25, -0.2) is 9.20 Å². The fourth-order valence-corrected chi connectivity index (χ4v) is 6.57. The van der Waals surface area contributed by atoms with Crippen LogP contribution in [-0.4, -0.2) is 57.5 Å². The molecule has 1 spiro atoms. The van der Waals surface area contributed by atoms with E-state index in [-0.39, 0.29) is 17.2 Å². The monoisotopic (exact) mass is 457 g/mol. The van der Waals surface area contributed by atoms with Crippen molar-refractivity contribution in [2.75, 3.05) is 26.2 Å². The molecule has 2 heterocycles. The Morgan fingerprint density at radius 2 is 1.91 bits per heavy atom. The van der Waals surface area contributed by atoms with E-state index in [2.05, 4.69) is 22.9 Å². The number of carbonyl (C=O) groups excluding carboxylic acids is 2. The van der Waals surface area contributed by atoms with Crippen molar-refractivity contribution >= 4 is 33.8 Å². The molecule has 1 aromatic carbocycles. The van der Waals surface area contributed by atoms with Crippen molar-refractivity contribution < 1.29 is 13.8 Å². The van der Waals surface area contributed by atoms with E-state index in [0.717, 1.165) is 87.1 Å². The molecule has 0 N–H and O–H groups in total. The van der Waals surface area contributed by atoms with Crippen molar-refractivity contribution in [2.45, 2.75) is 76.0 Å². The minimum absolute atomic E-state index is 0.0375. The number of hydrogen-bond donors (Lipinski definition) is 0. The van der Waals surface area contributed by atoms with Crippen LogP contribution in [0.2, 0.25) is 0 Å². The van der Waals surface area contributed by atoms with E-state index < -0.39 is 10.8 Å². The van der Waals surface area contributed by atoms with Gasteiger partial charge in [0.1, 0.15) is 0 Å². The van der Waals surface area contributed by atoms with Gasteiger partial charge in [-0.2, -0.15) is 0 Å². The number of fused-ring (bicyclic) bond motifs is 1. The van der Waals surface area contributed by atoms with E-state index in [1.807, 2.05) is 12.1 Å². The SMILES string of the molecule is CCCN(CCCCN1C(=O)CC2(CCCCC2)C1=O)CCc1cccc2c1S(=O)C=N2. The number of benzene rings is 1. The molecule has 2 fully saturated rings. The zero-order valence-electron chi connectivity index (χ0n) is 19.2. The van der Waals surface area contributed by atoms with Gasteiger partial charge in [0.05, 0.1) is 32.3 Å². The lowest BCUT2D eigenvalue weighted by Gasteiger charge is -2.30. The molecular formula is C25H35N3O3S. The molecular weight excluding hydrogens is 422 g/mol. The summed E-state index contributed by atoms with van der Waals surface area (Å²) in [5.41, 5.74) is 3.10. The highest BCUT2D eigenvalue weighted by Crippen LogP contribution is 2.45. The maximum atomic E-state index is 13.0. The molecule has 1 aromatic rings. The van der Waals surface area contributed by atoms with E-state index in [9.17, 15) is 13.8 Å². The predicted octanol–water partition coefficient (Wildman–Crippen LogP) is 4.21.